The Kier molecular flexibility index (Phi) is 6.42. The van der Waals surface area contributed by atoms with Crippen molar-refractivity contribution in [1.82, 2.24) is 0 Å². The minimum absolute atomic E-state index is 0.0112. The van der Waals surface area contributed by atoms with E-state index >= 15 is 0 Å². The fourth-order valence-electron chi connectivity index (χ4n) is 8.36. The molecule has 3 saturated carbocycles. The van der Waals surface area contributed by atoms with Gasteiger partial charge < -0.3 is 9.47 Å². The van der Waals surface area contributed by atoms with Gasteiger partial charge in [-0.3, -0.25) is 4.79 Å². The van der Waals surface area contributed by atoms with Crippen molar-refractivity contribution >= 4 is 5.78 Å². The number of Topliss-reactive ketones (excluding diaryl/α,β-unsaturated/α-hetero) is 1. The standard InChI is InChI=1S/C33H40O3/c1-32-18-17-29-27(28(32)15-16-30(32)34)14-13-25-19-26(35-21-23-9-5-3-6-10-23)20-31(33(25,29)2)36-22-24-11-7-4-8-12-24/h3-13,26-29,31H,14-22H2,1-2H3/t26-,27+,28+,29+,31+,32+,33+/m1/s1. The summed E-state index contributed by atoms with van der Waals surface area (Å²) in [5.74, 6) is 2.21. The lowest BCUT2D eigenvalue weighted by molar-refractivity contribution is -0.147. The van der Waals surface area contributed by atoms with Crippen LogP contribution in [0, 0.1) is 28.6 Å². The Bertz CT molecular complexity index is 1110. The van der Waals surface area contributed by atoms with Crippen LogP contribution in [0.3, 0.4) is 0 Å². The molecule has 4 aliphatic carbocycles. The second-order valence-corrected chi connectivity index (χ2v) is 12.2. The summed E-state index contributed by atoms with van der Waals surface area (Å²) in [5, 5.41) is 0. The molecule has 36 heavy (non-hydrogen) atoms. The van der Waals surface area contributed by atoms with Crippen LogP contribution in [0.5, 0.6) is 0 Å². The van der Waals surface area contributed by atoms with Crippen LogP contribution >= 0.6 is 0 Å². The average molecular weight is 485 g/mol. The number of hydrogen-bond acceptors (Lipinski definition) is 3. The normalized spacial score (nSPS) is 37.6. The Morgan fingerprint density at radius 2 is 1.53 bits per heavy atom. The Morgan fingerprint density at radius 1 is 0.861 bits per heavy atom. The molecule has 190 valence electrons. The number of benzene rings is 2. The van der Waals surface area contributed by atoms with Crippen molar-refractivity contribution < 1.29 is 14.3 Å². The molecule has 4 aliphatic rings. The molecule has 0 aliphatic heterocycles. The second-order valence-electron chi connectivity index (χ2n) is 12.2. The molecule has 7 atom stereocenters. The van der Waals surface area contributed by atoms with Crippen LogP contribution in [0.4, 0.5) is 0 Å². The summed E-state index contributed by atoms with van der Waals surface area (Å²) in [6.07, 6.45) is 9.90. The topological polar surface area (TPSA) is 35.5 Å². The molecule has 2 aromatic carbocycles. The third kappa shape index (κ3) is 4.09. The van der Waals surface area contributed by atoms with Crippen LogP contribution in [0.15, 0.2) is 72.3 Å². The number of allylic oxidation sites excluding steroid dienone is 1. The lowest BCUT2D eigenvalue weighted by atomic mass is 9.47. The smallest absolute Gasteiger partial charge is 0.139 e. The van der Waals surface area contributed by atoms with Gasteiger partial charge >= 0.3 is 0 Å². The Morgan fingerprint density at radius 3 is 2.22 bits per heavy atom. The highest BCUT2D eigenvalue weighted by Gasteiger charge is 2.61. The van der Waals surface area contributed by atoms with E-state index < -0.39 is 0 Å². The molecule has 0 radical (unpaired) electrons. The Hall–Kier alpha value is -2.23. The monoisotopic (exact) mass is 484 g/mol. The van der Waals surface area contributed by atoms with E-state index in [2.05, 4.69) is 80.6 Å². The third-order valence-corrected chi connectivity index (χ3v) is 10.5. The van der Waals surface area contributed by atoms with Crippen molar-refractivity contribution in [3.8, 4) is 0 Å². The zero-order valence-corrected chi connectivity index (χ0v) is 21.8. The molecule has 0 aromatic heterocycles. The summed E-state index contributed by atoms with van der Waals surface area (Å²) >= 11 is 0. The van der Waals surface area contributed by atoms with Crippen molar-refractivity contribution in [3.63, 3.8) is 0 Å². The molecule has 0 spiro atoms. The average Bonchev–Trinajstić information content (AvgIpc) is 3.21. The van der Waals surface area contributed by atoms with Crippen molar-refractivity contribution in [3.05, 3.63) is 83.4 Å². The van der Waals surface area contributed by atoms with Gasteiger partial charge in [0.25, 0.3) is 0 Å². The summed E-state index contributed by atoms with van der Waals surface area (Å²) in [6.45, 7) is 6.03. The van der Waals surface area contributed by atoms with Crippen LogP contribution in [0.2, 0.25) is 0 Å². The highest BCUT2D eigenvalue weighted by molar-refractivity contribution is 5.87. The second kappa shape index (κ2) is 9.58. The summed E-state index contributed by atoms with van der Waals surface area (Å²) in [7, 11) is 0. The first-order valence-corrected chi connectivity index (χ1v) is 14.0. The molecule has 3 fully saturated rings. The van der Waals surface area contributed by atoms with Gasteiger partial charge in [-0.2, -0.15) is 0 Å². The van der Waals surface area contributed by atoms with E-state index in [-0.39, 0.29) is 23.0 Å². The van der Waals surface area contributed by atoms with Gasteiger partial charge in [0.15, 0.2) is 0 Å². The summed E-state index contributed by atoms with van der Waals surface area (Å²) < 4.78 is 13.4. The molecule has 0 amide bonds. The largest absolute Gasteiger partial charge is 0.373 e. The lowest BCUT2D eigenvalue weighted by Crippen LogP contribution is -2.56. The first kappa shape index (κ1) is 24.1. The molecule has 0 saturated heterocycles. The molecule has 0 bridgehead atoms. The number of ketones is 1. The van der Waals surface area contributed by atoms with Crippen molar-refractivity contribution in [2.75, 3.05) is 0 Å². The minimum atomic E-state index is -0.0980. The first-order chi connectivity index (χ1) is 17.5. The van der Waals surface area contributed by atoms with Gasteiger partial charge in [0.2, 0.25) is 0 Å². The number of ether oxygens (including phenoxy) is 2. The number of hydrogen-bond donors (Lipinski definition) is 0. The molecule has 2 aromatic rings. The summed E-state index contributed by atoms with van der Waals surface area (Å²) in [5.41, 5.74) is 3.90. The minimum Gasteiger partial charge on any atom is -0.373 e. The van der Waals surface area contributed by atoms with Gasteiger partial charge in [0, 0.05) is 23.7 Å². The van der Waals surface area contributed by atoms with Crippen LogP contribution in [0.25, 0.3) is 0 Å². The van der Waals surface area contributed by atoms with E-state index in [0.29, 0.717) is 36.8 Å². The summed E-state index contributed by atoms with van der Waals surface area (Å²) in [6, 6.07) is 21.1. The first-order valence-electron chi connectivity index (χ1n) is 14.0. The van der Waals surface area contributed by atoms with Crippen molar-refractivity contribution in [2.24, 2.45) is 28.6 Å². The SMILES string of the molecule is C[C@]12C(=CC[C@@H]3[C@@H]1CC[C@]1(C)C(=O)CC[C@@H]31)C[C@@H](OCc1ccccc1)C[C@@H]2OCc1ccccc1. The zero-order valence-electron chi connectivity index (χ0n) is 21.8. The highest BCUT2D eigenvalue weighted by atomic mass is 16.5. The van der Waals surface area contributed by atoms with Gasteiger partial charge in [-0.1, -0.05) is 86.2 Å². The van der Waals surface area contributed by atoms with Crippen molar-refractivity contribution in [1.29, 1.82) is 0 Å². The van der Waals surface area contributed by atoms with Crippen LogP contribution in [-0.4, -0.2) is 18.0 Å². The molecular formula is C33H40O3. The number of carbonyl (C=O) groups excluding carboxylic acids is 1. The Balaban J connectivity index is 1.27. The molecule has 0 unspecified atom stereocenters. The van der Waals surface area contributed by atoms with E-state index in [1.165, 1.54) is 11.1 Å². The maximum absolute atomic E-state index is 12.9. The summed E-state index contributed by atoms with van der Waals surface area (Å²) in [4.78, 5) is 12.9. The van der Waals surface area contributed by atoms with E-state index in [1.54, 1.807) is 5.57 Å². The highest BCUT2D eigenvalue weighted by Crippen LogP contribution is 2.64. The fourth-order valence-corrected chi connectivity index (χ4v) is 8.36. The molecule has 0 heterocycles. The van der Waals surface area contributed by atoms with Crippen LogP contribution in [-0.2, 0) is 27.5 Å². The zero-order chi connectivity index (χ0) is 24.8. The predicted molar refractivity (Wildman–Crippen MR) is 142 cm³/mol. The van der Waals surface area contributed by atoms with E-state index in [1.807, 2.05) is 0 Å². The van der Waals surface area contributed by atoms with Gasteiger partial charge in [-0.25, -0.2) is 0 Å². The van der Waals surface area contributed by atoms with Crippen molar-refractivity contribution in [2.45, 2.75) is 84.2 Å². The molecule has 3 heteroatoms. The van der Waals surface area contributed by atoms with Crippen LogP contribution < -0.4 is 0 Å². The Labute approximate surface area is 216 Å². The third-order valence-electron chi connectivity index (χ3n) is 10.5. The van der Waals surface area contributed by atoms with Gasteiger partial charge in [-0.15, -0.1) is 0 Å². The fraction of sp³-hybridized carbons (Fsp3) is 0.545. The van der Waals surface area contributed by atoms with Gasteiger partial charge in [-0.05, 0) is 61.0 Å². The molecular weight excluding hydrogens is 444 g/mol. The van der Waals surface area contributed by atoms with Gasteiger partial charge in [0.05, 0.1) is 25.4 Å². The van der Waals surface area contributed by atoms with E-state index in [9.17, 15) is 4.79 Å². The quantitative estimate of drug-likeness (QED) is 0.404. The number of fused-ring (bicyclic) bond motifs is 5. The van der Waals surface area contributed by atoms with Crippen LogP contribution in [0.1, 0.15) is 69.9 Å². The predicted octanol–water partition coefficient (Wildman–Crippen LogP) is 7.30. The van der Waals surface area contributed by atoms with E-state index in [4.69, 9.17) is 9.47 Å². The molecule has 6 rings (SSSR count). The maximum atomic E-state index is 12.9. The lowest BCUT2D eigenvalue weighted by Gasteiger charge is -2.59. The molecule has 0 N–H and O–H groups in total. The van der Waals surface area contributed by atoms with E-state index in [0.717, 1.165) is 44.9 Å². The molecule has 3 nitrogen and oxygen atoms in total. The number of rotatable bonds is 6. The number of carbonyl (C=O) groups is 1. The van der Waals surface area contributed by atoms with Gasteiger partial charge in [0.1, 0.15) is 5.78 Å². The maximum Gasteiger partial charge on any atom is 0.139 e.